The van der Waals surface area contributed by atoms with E-state index >= 15 is 0 Å². The summed E-state index contributed by atoms with van der Waals surface area (Å²) in [7, 11) is 1.92. The van der Waals surface area contributed by atoms with E-state index in [1.54, 1.807) is 10.9 Å². The summed E-state index contributed by atoms with van der Waals surface area (Å²) in [6.07, 6.45) is 3.60. The van der Waals surface area contributed by atoms with Gasteiger partial charge < -0.3 is 9.88 Å². The van der Waals surface area contributed by atoms with Crippen LogP contribution >= 0.6 is 11.8 Å². The molecular weight excluding hydrogens is 358 g/mol. The third-order valence-electron chi connectivity index (χ3n) is 4.16. The SMILES string of the molecule is CC(Sc1nccn1C)C(=O)Nc1cc(C(C)(C)C)nn1-c1ccccc1. The Kier molecular flexibility index (Phi) is 5.41. The normalized spacial score (nSPS) is 12.8. The molecule has 0 aliphatic rings. The zero-order valence-electron chi connectivity index (χ0n) is 16.3. The number of nitrogens with one attached hydrogen (secondary N) is 1. The predicted molar refractivity (Wildman–Crippen MR) is 109 cm³/mol. The molecule has 27 heavy (non-hydrogen) atoms. The van der Waals surface area contributed by atoms with Crippen molar-refractivity contribution >= 4 is 23.5 Å². The van der Waals surface area contributed by atoms with Crippen molar-refractivity contribution < 1.29 is 4.79 Å². The number of rotatable bonds is 5. The maximum atomic E-state index is 12.8. The minimum atomic E-state index is -0.289. The molecule has 3 aromatic rings. The molecule has 7 heteroatoms. The second kappa shape index (κ2) is 7.60. The monoisotopic (exact) mass is 383 g/mol. The Balaban J connectivity index is 1.85. The average molecular weight is 384 g/mol. The van der Waals surface area contributed by atoms with Crippen molar-refractivity contribution in [2.75, 3.05) is 5.32 Å². The molecule has 0 spiro atoms. The highest BCUT2D eigenvalue weighted by Gasteiger charge is 2.23. The molecule has 0 aliphatic heterocycles. The van der Waals surface area contributed by atoms with Gasteiger partial charge in [-0.15, -0.1) is 0 Å². The molecule has 3 rings (SSSR count). The lowest BCUT2D eigenvalue weighted by Gasteiger charge is -2.14. The number of imidazole rings is 1. The van der Waals surface area contributed by atoms with Crippen molar-refractivity contribution in [3.05, 3.63) is 54.5 Å². The third-order valence-corrected chi connectivity index (χ3v) is 5.33. The number of aryl methyl sites for hydroxylation is 1. The topological polar surface area (TPSA) is 64.7 Å². The summed E-state index contributed by atoms with van der Waals surface area (Å²) in [5, 5.41) is 8.29. The van der Waals surface area contributed by atoms with Gasteiger partial charge in [0.15, 0.2) is 5.16 Å². The molecular formula is C20H25N5OS. The molecule has 2 aromatic heterocycles. The number of nitrogens with zero attached hydrogens (tertiary/aromatic N) is 4. The highest BCUT2D eigenvalue weighted by Crippen LogP contribution is 2.27. The maximum absolute atomic E-state index is 12.8. The molecule has 0 fully saturated rings. The Morgan fingerprint density at radius 3 is 2.52 bits per heavy atom. The quantitative estimate of drug-likeness (QED) is 0.676. The molecule has 0 bridgehead atoms. The van der Waals surface area contributed by atoms with Crippen molar-refractivity contribution in [3.63, 3.8) is 0 Å². The van der Waals surface area contributed by atoms with E-state index < -0.39 is 0 Å². The number of thioether (sulfide) groups is 1. The molecule has 1 unspecified atom stereocenters. The summed E-state index contributed by atoms with van der Waals surface area (Å²) in [5.41, 5.74) is 1.71. The van der Waals surface area contributed by atoms with Gasteiger partial charge in [-0.05, 0) is 19.1 Å². The number of para-hydroxylation sites is 1. The molecule has 1 amide bonds. The number of anilines is 1. The van der Waals surface area contributed by atoms with E-state index in [2.05, 4.69) is 31.1 Å². The first kappa shape index (κ1) is 19.2. The van der Waals surface area contributed by atoms with Crippen LogP contribution in [0.3, 0.4) is 0 Å². The number of hydrogen-bond donors (Lipinski definition) is 1. The molecule has 0 radical (unpaired) electrons. The number of amides is 1. The van der Waals surface area contributed by atoms with Crippen LogP contribution in [-0.2, 0) is 17.3 Å². The van der Waals surface area contributed by atoms with Crippen molar-refractivity contribution in [1.82, 2.24) is 19.3 Å². The zero-order chi connectivity index (χ0) is 19.6. The van der Waals surface area contributed by atoms with Crippen molar-refractivity contribution in [2.24, 2.45) is 7.05 Å². The van der Waals surface area contributed by atoms with Crippen LogP contribution in [-0.4, -0.2) is 30.5 Å². The lowest BCUT2D eigenvalue weighted by molar-refractivity contribution is -0.115. The molecule has 0 saturated heterocycles. The number of hydrogen-bond acceptors (Lipinski definition) is 4. The molecule has 2 heterocycles. The minimum absolute atomic E-state index is 0.0828. The summed E-state index contributed by atoms with van der Waals surface area (Å²) in [6.45, 7) is 8.20. The number of aromatic nitrogens is 4. The lowest BCUT2D eigenvalue weighted by Crippen LogP contribution is -2.24. The van der Waals surface area contributed by atoms with Crippen molar-refractivity contribution in [1.29, 1.82) is 0 Å². The van der Waals surface area contributed by atoms with Gasteiger partial charge in [-0.1, -0.05) is 50.7 Å². The number of carbonyl (C=O) groups excluding carboxylic acids is 1. The van der Waals surface area contributed by atoms with Crippen LogP contribution in [0.5, 0.6) is 0 Å². The van der Waals surface area contributed by atoms with Crippen molar-refractivity contribution in [2.45, 2.75) is 43.5 Å². The van der Waals surface area contributed by atoms with Gasteiger partial charge in [0.2, 0.25) is 5.91 Å². The maximum Gasteiger partial charge on any atom is 0.238 e. The smallest absolute Gasteiger partial charge is 0.238 e. The molecule has 1 atom stereocenters. The van der Waals surface area contributed by atoms with Gasteiger partial charge in [-0.3, -0.25) is 4.79 Å². The highest BCUT2D eigenvalue weighted by molar-refractivity contribution is 8.00. The summed E-state index contributed by atoms with van der Waals surface area (Å²) in [5.74, 6) is 0.587. The minimum Gasteiger partial charge on any atom is -0.329 e. The fourth-order valence-electron chi connectivity index (χ4n) is 2.51. The molecule has 1 aromatic carbocycles. The third kappa shape index (κ3) is 4.42. The Morgan fingerprint density at radius 1 is 1.22 bits per heavy atom. The summed E-state index contributed by atoms with van der Waals surface area (Å²) in [4.78, 5) is 17.1. The first-order chi connectivity index (χ1) is 12.8. The van der Waals surface area contributed by atoms with Crippen LogP contribution in [0.15, 0.2) is 53.9 Å². The van der Waals surface area contributed by atoms with Gasteiger partial charge in [0, 0.05) is 30.9 Å². The Labute approximate surface area is 164 Å². The molecule has 6 nitrogen and oxygen atoms in total. The molecule has 142 valence electrons. The predicted octanol–water partition coefficient (Wildman–Crippen LogP) is 4.02. The van der Waals surface area contributed by atoms with Gasteiger partial charge >= 0.3 is 0 Å². The van der Waals surface area contributed by atoms with Crippen LogP contribution < -0.4 is 5.32 Å². The fraction of sp³-hybridized carbons (Fsp3) is 0.350. The Bertz CT molecular complexity index is 924. The Morgan fingerprint density at radius 2 is 1.93 bits per heavy atom. The van der Waals surface area contributed by atoms with E-state index in [0.717, 1.165) is 16.5 Å². The van der Waals surface area contributed by atoms with Crippen molar-refractivity contribution in [3.8, 4) is 5.69 Å². The first-order valence-electron chi connectivity index (χ1n) is 8.86. The van der Waals surface area contributed by atoms with E-state index in [0.29, 0.717) is 5.82 Å². The molecule has 0 saturated carbocycles. The van der Waals surface area contributed by atoms with Gasteiger partial charge in [-0.25, -0.2) is 9.67 Å². The van der Waals surface area contributed by atoms with Gasteiger partial charge in [0.05, 0.1) is 16.6 Å². The number of carbonyl (C=O) groups is 1. The van der Waals surface area contributed by atoms with E-state index in [1.165, 1.54) is 11.8 Å². The summed E-state index contributed by atoms with van der Waals surface area (Å²) < 4.78 is 3.69. The van der Waals surface area contributed by atoms with E-state index in [9.17, 15) is 4.79 Å². The van der Waals surface area contributed by atoms with E-state index in [-0.39, 0.29) is 16.6 Å². The van der Waals surface area contributed by atoms with Gasteiger partial charge in [0.1, 0.15) is 5.82 Å². The summed E-state index contributed by atoms with van der Waals surface area (Å²) >= 11 is 1.43. The van der Waals surface area contributed by atoms with Crippen LogP contribution in [0.2, 0.25) is 0 Å². The Hall–Kier alpha value is -2.54. The lowest BCUT2D eigenvalue weighted by atomic mass is 9.92. The van der Waals surface area contributed by atoms with Gasteiger partial charge in [0.25, 0.3) is 0 Å². The molecule has 0 aliphatic carbocycles. The number of benzene rings is 1. The average Bonchev–Trinajstić information content (AvgIpc) is 3.22. The van der Waals surface area contributed by atoms with Crippen LogP contribution in [0, 0.1) is 0 Å². The highest BCUT2D eigenvalue weighted by atomic mass is 32.2. The first-order valence-corrected chi connectivity index (χ1v) is 9.74. The zero-order valence-corrected chi connectivity index (χ0v) is 17.1. The van der Waals surface area contributed by atoms with E-state index in [4.69, 9.17) is 5.10 Å². The van der Waals surface area contributed by atoms with Gasteiger partial charge in [-0.2, -0.15) is 5.10 Å². The largest absolute Gasteiger partial charge is 0.329 e. The molecule has 1 N–H and O–H groups in total. The van der Waals surface area contributed by atoms with Crippen LogP contribution in [0.1, 0.15) is 33.4 Å². The fourth-order valence-corrected chi connectivity index (χ4v) is 3.34. The second-order valence-corrected chi connectivity index (χ2v) is 8.79. The van der Waals surface area contributed by atoms with Crippen LogP contribution in [0.4, 0.5) is 5.82 Å². The summed E-state index contributed by atoms with van der Waals surface area (Å²) in [6, 6.07) is 11.8. The standard InChI is InChI=1S/C20H25N5OS/c1-14(27-19-21-11-12-24(19)5)18(26)22-17-13-16(20(2,3)4)23-25(17)15-9-7-6-8-10-15/h6-14H,1-5H3,(H,22,26). The second-order valence-electron chi connectivity index (χ2n) is 7.48. The van der Waals surface area contributed by atoms with E-state index in [1.807, 2.05) is 61.1 Å². The van der Waals surface area contributed by atoms with Crippen LogP contribution in [0.25, 0.3) is 5.69 Å².